The Hall–Kier alpha value is -1.95. The number of benzene rings is 1. The number of ether oxygens (including phenoxy) is 2. The predicted octanol–water partition coefficient (Wildman–Crippen LogP) is 1.25. The first-order valence-electron chi connectivity index (χ1n) is 7.58. The third-order valence-corrected chi connectivity index (χ3v) is 3.73. The molecule has 6 nitrogen and oxygen atoms in total. The number of nitrogens with zero attached hydrogens (tertiary/aromatic N) is 1. The Labute approximate surface area is 131 Å². The Kier molecular flexibility index (Phi) is 5.49. The van der Waals surface area contributed by atoms with Gasteiger partial charge in [0.25, 0.3) is 0 Å². The Bertz CT molecular complexity index is 519. The number of fused-ring (bicyclic) bond motifs is 1. The Morgan fingerprint density at radius 1 is 1.55 bits per heavy atom. The fourth-order valence-electron chi connectivity index (χ4n) is 2.49. The minimum absolute atomic E-state index is 0.0427. The molecule has 122 valence electrons. The van der Waals surface area contributed by atoms with Gasteiger partial charge in [0.05, 0.1) is 25.4 Å². The van der Waals surface area contributed by atoms with E-state index in [-0.39, 0.29) is 18.6 Å². The van der Waals surface area contributed by atoms with E-state index in [9.17, 15) is 4.79 Å². The van der Waals surface area contributed by atoms with E-state index in [2.05, 4.69) is 19.2 Å². The van der Waals surface area contributed by atoms with Gasteiger partial charge in [-0.15, -0.1) is 0 Å². The zero-order valence-electron chi connectivity index (χ0n) is 13.5. The van der Waals surface area contributed by atoms with Crippen molar-refractivity contribution in [3.63, 3.8) is 0 Å². The molecule has 0 bridgehead atoms. The summed E-state index contributed by atoms with van der Waals surface area (Å²) in [6.45, 7) is 6.14. The highest BCUT2D eigenvalue weighted by atomic mass is 16.5. The van der Waals surface area contributed by atoms with Crippen LogP contribution < -0.4 is 20.7 Å². The summed E-state index contributed by atoms with van der Waals surface area (Å²) in [5, 5.41) is 2.84. The molecule has 22 heavy (non-hydrogen) atoms. The summed E-state index contributed by atoms with van der Waals surface area (Å²) < 4.78 is 10.9. The summed E-state index contributed by atoms with van der Waals surface area (Å²) in [5.41, 5.74) is 7.51. The standard InChI is InChI=1S/C16H25N3O3/c1-11(2)14-9-19(10-15(20)18-7-8-21-3)16-12(17)5-4-6-13(16)22-14/h4-6,11,14H,7-10,17H2,1-3H3,(H,18,20). The first-order valence-corrected chi connectivity index (χ1v) is 7.58. The van der Waals surface area contributed by atoms with Gasteiger partial charge in [-0.2, -0.15) is 0 Å². The fourth-order valence-corrected chi connectivity index (χ4v) is 2.49. The largest absolute Gasteiger partial charge is 0.486 e. The summed E-state index contributed by atoms with van der Waals surface area (Å²) in [4.78, 5) is 14.1. The summed E-state index contributed by atoms with van der Waals surface area (Å²) in [6.07, 6.45) is 0.0427. The molecule has 1 amide bonds. The summed E-state index contributed by atoms with van der Waals surface area (Å²) >= 11 is 0. The molecule has 2 rings (SSSR count). The van der Waals surface area contributed by atoms with Gasteiger partial charge in [0.15, 0.2) is 0 Å². The number of anilines is 2. The van der Waals surface area contributed by atoms with E-state index in [0.29, 0.717) is 31.3 Å². The van der Waals surface area contributed by atoms with Gasteiger partial charge in [0, 0.05) is 13.7 Å². The summed E-state index contributed by atoms with van der Waals surface area (Å²) in [5.74, 6) is 1.05. The van der Waals surface area contributed by atoms with Crippen LogP contribution in [0.4, 0.5) is 11.4 Å². The normalized spacial score (nSPS) is 17.1. The lowest BCUT2D eigenvalue weighted by Gasteiger charge is -2.38. The number of nitrogens with one attached hydrogen (secondary N) is 1. The lowest BCUT2D eigenvalue weighted by molar-refractivity contribution is -0.120. The van der Waals surface area contributed by atoms with Gasteiger partial charge in [0.2, 0.25) is 5.91 Å². The van der Waals surface area contributed by atoms with E-state index < -0.39 is 0 Å². The van der Waals surface area contributed by atoms with Crippen molar-refractivity contribution in [2.75, 3.05) is 44.0 Å². The monoisotopic (exact) mass is 307 g/mol. The first kappa shape index (κ1) is 16.4. The van der Waals surface area contributed by atoms with Gasteiger partial charge in [-0.1, -0.05) is 19.9 Å². The van der Waals surface area contributed by atoms with Crippen LogP contribution in [0.3, 0.4) is 0 Å². The molecule has 1 aliphatic rings. The second-order valence-corrected chi connectivity index (χ2v) is 5.82. The first-order chi connectivity index (χ1) is 10.5. The highest BCUT2D eigenvalue weighted by Crippen LogP contribution is 2.39. The van der Waals surface area contributed by atoms with Crippen LogP contribution in [-0.2, 0) is 9.53 Å². The van der Waals surface area contributed by atoms with E-state index in [4.69, 9.17) is 15.2 Å². The third kappa shape index (κ3) is 3.82. The molecule has 1 aliphatic heterocycles. The SMILES string of the molecule is COCCNC(=O)CN1CC(C(C)C)Oc2cccc(N)c21. The van der Waals surface area contributed by atoms with Crippen molar-refractivity contribution in [3.05, 3.63) is 18.2 Å². The van der Waals surface area contributed by atoms with Gasteiger partial charge in [0.1, 0.15) is 17.5 Å². The van der Waals surface area contributed by atoms with Gasteiger partial charge >= 0.3 is 0 Å². The van der Waals surface area contributed by atoms with Crippen molar-refractivity contribution >= 4 is 17.3 Å². The van der Waals surface area contributed by atoms with Crippen molar-refractivity contribution in [1.82, 2.24) is 5.32 Å². The van der Waals surface area contributed by atoms with Crippen LogP contribution in [0, 0.1) is 5.92 Å². The highest BCUT2D eigenvalue weighted by molar-refractivity contribution is 5.85. The molecular weight excluding hydrogens is 282 g/mol. The zero-order valence-corrected chi connectivity index (χ0v) is 13.5. The van der Waals surface area contributed by atoms with Gasteiger partial charge < -0.3 is 25.4 Å². The van der Waals surface area contributed by atoms with Crippen LogP contribution >= 0.6 is 0 Å². The average Bonchev–Trinajstić information content (AvgIpc) is 2.47. The zero-order chi connectivity index (χ0) is 16.1. The topological polar surface area (TPSA) is 76.8 Å². The van der Waals surface area contributed by atoms with Crippen molar-refractivity contribution in [1.29, 1.82) is 0 Å². The van der Waals surface area contributed by atoms with E-state index in [1.54, 1.807) is 7.11 Å². The Balaban J connectivity index is 2.13. The molecule has 0 saturated heterocycles. The van der Waals surface area contributed by atoms with Gasteiger partial charge in [-0.3, -0.25) is 4.79 Å². The molecule has 0 aliphatic carbocycles. The molecular formula is C16H25N3O3. The van der Waals surface area contributed by atoms with Crippen LogP contribution in [0.5, 0.6) is 5.75 Å². The van der Waals surface area contributed by atoms with Gasteiger partial charge in [-0.25, -0.2) is 0 Å². The lowest BCUT2D eigenvalue weighted by atomic mass is 10.0. The molecule has 3 N–H and O–H groups in total. The number of hydrogen-bond acceptors (Lipinski definition) is 5. The average molecular weight is 307 g/mol. The lowest BCUT2D eigenvalue weighted by Crippen LogP contribution is -2.47. The maximum atomic E-state index is 12.1. The molecule has 0 aromatic heterocycles. The molecule has 1 aromatic rings. The third-order valence-electron chi connectivity index (χ3n) is 3.73. The molecule has 0 spiro atoms. The Morgan fingerprint density at radius 3 is 3.00 bits per heavy atom. The number of nitrogens with two attached hydrogens (primary N) is 1. The van der Waals surface area contributed by atoms with Crippen molar-refractivity contribution < 1.29 is 14.3 Å². The number of amides is 1. The number of carbonyl (C=O) groups is 1. The van der Waals surface area contributed by atoms with Crippen molar-refractivity contribution in [3.8, 4) is 5.75 Å². The van der Waals surface area contributed by atoms with Crippen LogP contribution in [-0.4, -0.2) is 45.4 Å². The predicted molar refractivity (Wildman–Crippen MR) is 87.2 cm³/mol. The number of para-hydroxylation sites is 1. The van der Waals surface area contributed by atoms with Crippen LogP contribution in [0.15, 0.2) is 18.2 Å². The molecule has 0 saturated carbocycles. The number of carbonyl (C=O) groups excluding carboxylic acids is 1. The molecule has 1 unspecified atom stereocenters. The quantitative estimate of drug-likeness (QED) is 0.611. The smallest absolute Gasteiger partial charge is 0.239 e. The molecule has 6 heteroatoms. The second kappa shape index (κ2) is 7.35. The number of nitrogen functional groups attached to an aromatic ring is 1. The van der Waals surface area contributed by atoms with E-state index in [1.165, 1.54) is 0 Å². The number of hydrogen-bond donors (Lipinski definition) is 2. The highest BCUT2D eigenvalue weighted by Gasteiger charge is 2.30. The number of methoxy groups -OCH3 is 1. The van der Waals surface area contributed by atoms with Crippen LogP contribution in [0.2, 0.25) is 0 Å². The van der Waals surface area contributed by atoms with E-state index in [0.717, 1.165) is 11.4 Å². The molecule has 1 atom stereocenters. The minimum Gasteiger partial charge on any atom is -0.486 e. The maximum Gasteiger partial charge on any atom is 0.239 e. The molecule has 0 fully saturated rings. The molecule has 1 heterocycles. The van der Waals surface area contributed by atoms with Crippen molar-refractivity contribution in [2.24, 2.45) is 5.92 Å². The van der Waals surface area contributed by atoms with Crippen LogP contribution in [0.1, 0.15) is 13.8 Å². The molecule has 0 radical (unpaired) electrons. The summed E-state index contributed by atoms with van der Waals surface area (Å²) in [6, 6.07) is 5.59. The summed E-state index contributed by atoms with van der Waals surface area (Å²) in [7, 11) is 1.61. The Morgan fingerprint density at radius 2 is 2.32 bits per heavy atom. The van der Waals surface area contributed by atoms with Crippen LogP contribution in [0.25, 0.3) is 0 Å². The van der Waals surface area contributed by atoms with Crippen molar-refractivity contribution in [2.45, 2.75) is 20.0 Å². The van der Waals surface area contributed by atoms with Gasteiger partial charge in [-0.05, 0) is 18.1 Å². The second-order valence-electron chi connectivity index (χ2n) is 5.82. The van der Waals surface area contributed by atoms with E-state index in [1.807, 2.05) is 23.1 Å². The molecule has 1 aromatic carbocycles. The maximum absolute atomic E-state index is 12.1. The van der Waals surface area contributed by atoms with E-state index >= 15 is 0 Å². The fraction of sp³-hybridized carbons (Fsp3) is 0.562. The number of rotatable bonds is 6. The minimum atomic E-state index is -0.0457.